The Bertz CT molecular complexity index is 348. The summed E-state index contributed by atoms with van der Waals surface area (Å²) in [6, 6.07) is 0. The third kappa shape index (κ3) is 11.3. The fourth-order valence-electron chi connectivity index (χ4n) is 1.80. The van der Waals surface area contributed by atoms with E-state index < -0.39 is 0 Å². The van der Waals surface area contributed by atoms with Crippen LogP contribution in [-0.4, -0.2) is 37.1 Å². The van der Waals surface area contributed by atoms with Crippen molar-refractivity contribution < 1.29 is 9.53 Å². The Kier molecular flexibility index (Phi) is 16.7. The number of carbonyl (C=O) groups is 1. The Morgan fingerprint density at radius 2 is 1.77 bits per heavy atom. The fraction of sp³-hybridized carbons (Fsp3) is 0.632. The van der Waals surface area contributed by atoms with Gasteiger partial charge in [0.05, 0.1) is 6.61 Å². The molecule has 1 rings (SSSR count). The van der Waals surface area contributed by atoms with Crippen molar-refractivity contribution in [2.45, 2.75) is 54.4 Å². The van der Waals surface area contributed by atoms with Gasteiger partial charge in [0.1, 0.15) is 0 Å². The van der Waals surface area contributed by atoms with Crippen molar-refractivity contribution in [3.63, 3.8) is 0 Å². The number of ether oxygens (including phenoxy) is 1. The summed E-state index contributed by atoms with van der Waals surface area (Å²) in [7, 11) is 0. The molecule has 0 N–H and O–H groups in total. The molecule has 22 heavy (non-hydrogen) atoms. The van der Waals surface area contributed by atoms with E-state index in [0.717, 1.165) is 37.1 Å². The first-order valence-electron chi connectivity index (χ1n) is 8.47. The first-order valence-corrected chi connectivity index (χ1v) is 8.47. The molecule has 1 heterocycles. The number of carbonyl (C=O) groups excluding carboxylic acids is 1. The number of rotatable bonds is 4. The lowest BCUT2D eigenvalue weighted by molar-refractivity contribution is -0.127. The minimum absolute atomic E-state index is 0.129. The van der Waals surface area contributed by atoms with Gasteiger partial charge in [0.25, 0.3) is 0 Å². The maximum atomic E-state index is 12.1. The Morgan fingerprint density at radius 3 is 2.36 bits per heavy atom. The minimum atomic E-state index is 0.129. The van der Waals surface area contributed by atoms with Gasteiger partial charge in [-0.05, 0) is 26.7 Å². The van der Waals surface area contributed by atoms with Gasteiger partial charge in [-0.25, -0.2) is 0 Å². The van der Waals surface area contributed by atoms with Gasteiger partial charge in [0, 0.05) is 25.3 Å². The van der Waals surface area contributed by atoms with Crippen molar-refractivity contribution in [1.82, 2.24) is 4.90 Å². The average molecular weight is 309 g/mol. The van der Waals surface area contributed by atoms with E-state index in [4.69, 9.17) is 4.74 Å². The van der Waals surface area contributed by atoms with Crippen LogP contribution in [0.3, 0.4) is 0 Å². The number of hydrogen-bond acceptors (Lipinski definition) is 2. The Morgan fingerprint density at radius 1 is 1.14 bits per heavy atom. The molecule has 0 saturated carbocycles. The van der Waals surface area contributed by atoms with Crippen LogP contribution < -0.4 is 0 Å². The number of hydrogen-bond donors (Lipinski definition) is 0. The van der Waals surface area contributed by atoms with Gasteiger partial charge in [0.15, 0.2) is 0 Å². The SMILES string of the molecule is C=C(C)/C=C\C/C=C(\C)C(=O)N1CCCOCC1.CC.CC. The van der Waals surface area contributed by atoms with Gasteiger partial charge in [-0.2, -0.15) is 0 Å². The van der Waals surface area contributed by atoms with E-state index in [1.165, 1.54) is 0 Å². The zero-order valence-electron chi connectivity index (χ0n) is 15.4. The summed E-state index contributed by atoms with van der Waals surface area (Å²) in [5, 5.41) is 0. The molecule has 3 nitrogen and oxygen atoms in total. The van der Waals surface area contributed by atoms with E-state index in [-0.39, 0.29) is 5.91 Å². The van der Waals surface area contributed by atoms with E-state index >= 15 is 0 Å². The molecular formula is C19H35NO2. The molecule has 0 aromatic rings. The van der Waals surface area contributed by atoms with Crippen LogP contribution in [-0.2, 0) is 9.53 Å². The normalized spacial score (nSPS) is 15.2. The minimum Gasteiger partial charge on any atom is -0.380 e. The lowest BCUT2D eigenvalue weighted by atomic mass is 10.2. The lowest BCUT2D eigenvalue weighted by Gasteiger charge is -2.19. The zero-order valence-corrected chi connectivity index (χ0v) is 15.4. The summed E-state index contributed by atoms with van der Waals surface area (Å²) in [6.45, 7) is 18.5. The first-order chi connectivity index (χ1) is 10.6. The van der Waals surface area contributed by atoms with Crippen LogP contribution in [0, 0.1) is 0 Å². The topological polar surface area (TPSA) is 29.5 Å². The standard InChI is InChI=1S/C15H23NO2.2C2H6/c1-13(2)7-4-5-8-14(3)15(17)16-9-6-11-18-12-10-16;2*1-2/h4,7-8H,1,5-6,9-12H2,2-3H3;2*1-2H3/b7-4-,14-8+;;. The maximum absolute atomic E-state index is 12.1. The highest BCUT2D eigenvalue weighted by atomic mass is 16.5. The first kappa shape index (κ1) is 22.9. The molecule has 1 aliphatic heterocycles. The molecule has 0 atom stereocenters. The summed E-state index contributed by atoms with van der Waals surface area (Å²) in [5.74, 6) is 0.129. The third-order valence-corrected chi connectivity index (χ3v) is 2.81. The predicted octanol–water partition coefficient (Wildman–Crippen LogP) is 4.76. The summed E-state index contributed by atoms with van der Waals surface area (Å²) >= 11 is 0. The highest BCUT2D eigenvalue weighted by molar-refractivity contribution is 5.92. The quantitative estimate of drug-likeness (QED) is 0.553. The average Bonchev–Trinajstić information content (AvgIpc) is 2.83. The van der Waals surface area contributed by atoms with Crippen molar-refractivity contribution in [1.29, 1.82) is 0 Å². The van der Waals surface area contributed by atoms with Crippen LogP contribution in [0.25, 0.3) is 0 Å². The van der Waals surface area contributed by atoms with Crippen LogP contribution in [0.15, 0.2) is 36.0 Å². The third-order valence-electron chi connectivity index (χ3n) is 2.81. The molecule has 1 saturated heterocycles. The molecule has 0 unspecified atom stereocenters. The largest absolute Gasteiger partial charge is 0.380 e. The molecule has 0 radical (unpaired) electrons. The Balaban J connectivity index is 0. The van der Waals surface area contributed by atoms with Crippen molar-refractivity contribution in [2.75, 3.05) is 26.3 Å². The molecule has 1 amide bonds. The second kappa shape index (κ2) is 16.0. The van der Waals surface area contributed by atoms with Crippen molar-refractivity contribution in [3.8, 4) is 0 Å². The number of nitrogens with zero attached hydrogens (tertiary/aromatic N) is 1. The molecule has 0 aliphatic carbocycles. The van der Waals surface area contributed by atoms with Crippen LogP contribution in [0.2, 0.25) is 0 Å². The van der Waals surface area contributed by atoms with Gasteiger partial charge in [-0.15, -0.1) is 0 Å². The maximum Gasteiger partial charge on any atom is 0.249 e. The van der Waals surface area contributed by atoms with Crippen LogP contribution in [0.1, 0.15) is 54.4 Å². The van der Waals surface area contributed by atoms with E-state index in [2.05, 4.69) is 6.58 Å². The molecule has 0 aromatic carbocycles. The Labute approximate surface area is 137 Å². The fourth-order valence-corrected chi connectivity index (χ4v) is 1.80. The highest BCUT2D eigenvalue weighted by Gasteiger charge is 2.16. The molecule has 1 aliphatic rings. The molecule has 3 heteroatoms. The molecule has 128 valence electrons. The summed E-state index contributed by atoms with van der Waals surface area (Å²) in [5.41, 5.74) is 1.83. The van der Waals surface area contributed by atoms with Gasteiger partial charge in [-0.1, -0.05) is 58.1 Å². The van der Waals surface area contributed by atoms with E-state index in [9.17, 15) is 4.79 Å². The molecule has 0 aromatic heterocycles. The smallest absolute Gasteiger partial charge is 0.249 e. The van der Waals surface area contributed by atoms with Crippen LogP contribution >= 0.6 is 0 Å². The monoisotopic (exact) mass is 309 g/mol. The van der Waals surface area contributed by atoms with Gasteiger partial charge in [-0.3, -0.25) is 4.79 Å². The predicted molar refractivity (Wildman–Crippen MR) is 97.0 cm³/mol. The van der Waals surface area contributed by atoms with Crippen LogP contribution in [0.4, 0.5) is 0 Å². The van der Waals surface area contributed by atoms with E-state index in [1.54, 1.807) is 0 Å². The molecule has 0 spiro atoms. The Hall–Kier alpha value is -1.35. The molecule has 0 bridgehead atoms. The highest BCUT2D eigenvalue weighted by Crippen LogP contribution is 2.07. The van der Waals surface area contributed by atoms with Crippen LogP contribution in [0.5, 0.6) is 0 Å². The lowest BCUT2D eigenvalue weighted by Crippen LogP contribution is -2.33. The van der Waals surface area contributed by atoms with Crippen molar-refractivity contribution in [3.05, 3.63) is 36.0 Å². The number of amides is 1. The van der Waals surface area contributed by atoms with Gasteiger partial charge < -0.3 is 9.64 Å². The van der Waals surface area contributed by atoms with E-state index in [0.29, 0.717) is 13.2 Å². The second-order valence-electron chi connectivity index (χ2n) is 4.63. The van der Waals surface area contributed by atoms with Gasteiger partial charge >= 0.3 is 0 Å². The van der Waals surface area contributed by atoms with Gasteiger partial charge in [0.2, 0.25) is 5.91 Å². The molecular weight excluding hydrogens is 274 g/mol. The summed E-state index contributed by atoms with van der Waals surface area (Å²) < 4.78 is 5.35. The van der Waals surface area contributed by atoms with Crippen molar-refractivity contribution >= 4 is 5.91 Å². The number of allylic oxidation sites excluding steroid dienone is 4. The van der Waals surface area contributed by atoms with E-state index in [1.807, 2.05) is 64.7 Å². The van der Waals surface area contributed by atoms with Crippen molar-refractivity contribution in [2.24, 2.45) is 0 Å². The summed E-state index contributed by atoms with van der Waals surface area (Å²) in [6.07, 6.45) is 7.65. The zero-order chi connectivity index (χ0) is 17.4. The molecule has 1 fully saturated rings. The summed E-state index contributed by atoms with van der Waals surface area (Å²) in [4.78, 5) is 14.0. The second-order valence-corrected chi connectivity index (χ2v) is 4.63.